The molecule has 118 valence electrons. The summed E-state index contributed by atoms with van der Waals surface area (Å²) >= 11 is 0. The average molecular weight is 311 g/mol. The zero-order chi connectivity index (χ0) is 16.1. The van der Waals surface area contributed by atoms with E-state index < -0.39 is 6.09 Å². The van der Waals surface area contributed by atoms with Gasteiger partial charge in [-0.15, -0.1) is 0 Å². The van der Waals surface area contributed by atoms with Gasteiger partial charge in [0.05, 0.1) is 6.54 Å². The number of hydrogen-bond acceptors (Lipinski definition) is 3. The number of ether oxygens (including phenoxy) is 1. The average Bonchev–Trinajstić information content (AvgIpc) is 3.03. The topological polar surface area (TPSA) is 63.2 Å². The number of nitrogens with two attached hydrogens (primary N) is 1. The van der Waals surface area contributed by atoms with Crippen LogP contribution in [0.25, 0.3) is 0 Å². The summed E-state index contributed by atoms with van der Waals surface area (Å²) in [5.41, 5.74) is 2.24. The smallest absolute Gasteiger partial charge is 0.416 e. The molecule has 2 amide bonds. The molecular weight excluding hydrogens is 292 g/mol. The molecule has 0 unspecified atom stereocenters. The molecule has 1 heterocycles. The van der Waals surface area contributed by atoms with Crippen LogP contribution in [-0.2, 0) is 9.53 Å². The lowest BCUT2D eigenvalue weighted by atomic mass is 9.99. The predicted molar refractivity (Wildman–Crippen MR) is 84.6 cm³/mol. The molecule has 5 nitrogen and oxygen atoms in total. The first kappa shape index (κ1) is 15.2. The number of cyclic esters (lactones) is 1. The number of quaternary nitrogens is 1. The van der Waals surface area contributed by atoms with Crippen LogP contribution in [0.15, 0.2) is 60.7 Å². The first-order valence-electron chi connectivity index (χ1n) is 7.66. The first-order valence-corrected chi connectivity index (χ1v) is 7.66. The summed E-state index contributed by atoms with van der Waals surface area (Å²) in [5.74, 6) is -0.218. The summed E-state index contributed by atoms with van der Waals surface area (Å²) < 4.78 is 4.81. The summed E-state index contributed by atoms with van der Waals surface area (Å²) in [6, 6.07) is 20.1. The molecule has 0 bridgehead atoms. The van der Waals surface area contributed by atoms with Gasteiger partial charge in [0.15, 0.2) is 6.54 Å². The van der Waals surface area contributed by atoms with Crippen molar-refractivity contribution in [1.82, 2.24) is 4.90 Å². The van der Waals surface area contributed by atoms with Crippen LogP contribution in [0.3, 0.4) is 0 Å². The zero-order valence-corrected chi connectivity index (χ0v) is 12.7. The van der Waals surface area contributed by atoms with Crippen molar-refractivity contribution < 1.29 is 19.6 Å². The third-order valence-electron chi connectivity index (χ3n) is 3.91. The van der Waals surface area contributed by atoms with E-state index in [1.54, 1.807) is 0 Å². The van der Waals surface area contributed by atoms with E-state index in [1.165, 1.54) is 4.90 Å². The predicted octanol–water partition coefficient (Wildman–Crippen LogP) is 1.32. The van der Waals surface area contributed by atoms with Gasteiger partial charge in [-0.2, -0.15) is 0 Å². The lowest BCUT2D eigenvalue weighted by Gasteiger charge is -2.17. The van der Waals surface area contributed by atoms with Crippen LogP contribution in [0.1, 0.15) is 17.2 Å². The number of nitrogens with zero attached hydrogens (tertiary/aromatic N) is 1. The minimum absolute atomic E-state index is 0.0139. The van der Waals surface area contributed by atoms with E-state index in [1.807, 2.05) is 66.0 Å². The molecule has 2 N–H and O–H groups in total. The molecule has 5 heteroatoms. The SMILES string of the molecule is O=C(C[NH2+]C(c1ccccc1)c1ccccc1)N1CCOC1=O. The molecule has 1 aliphatic heterocycles. The van der Waals surface area contributed by atoms with Gasteiger partial charge >= 0.3 is 6.09 Å². The molecule has 3 rings (SSSR count). The molecule has 0 aromatic heterocycles. The highest BCUT2D eigenvalue weighted by molar-refractivity contribution is 5.93. The highest BCUT2D eigenvalue weighted by atomic mass is 16.6. The fourth-order valence-electron chi connectivity index (χ4n) is 2.73. The van der Waals surface area contributed by atoms with Crippen molar-refractivity contribution in [3.05, 3.63) is 71.8 Å². The van der Waals surface area contributed by atoms with Crippen molar-refractivity contribution >= 4 is 12.0 Å². The molecule has 0 saturated carbocycles. The maximum atomic E-state index is 12.2. The molecule has 0 spiro atoms. The van der Waals surface area contributed by atoms with Crippen LogP contribution >= 0.6 is 0 Å². The third-order valence-corrected chi connectivity index (χ3v) is 3.91. The van der Waals surface area contributed by atoms with Crippen molar-refractivity contribution in [1.29, 1.82) is 0 Å². The monoisotopic (exact) mass is 311 g/mol. The number of carbonyl (C=O) groups is 2. The van der Waals surface area contributed by atoms with Gasteiger partial charge in [-0.05, 0) is 0 Å². The van der Waals surface area contributed by atoms with Crippen molar-refractivity contribution in [3.8, 4) is 0 Å². The van der Waals surface area contributed by atoms with Gasteiger partial charge in [-0.3, -0.25) is 4.79 Å². The Kier molecular flexibility index (Phi) is 4.68. The second-order valence-corrected chi connectivity index (χ2v) is 5.40. The largest absolute Gasteiger partial charge is 0.447 e. The van der Waals surface area contributed by atoms with Crippen LogP contribution in [0, 0.1) is 0 Å². The third kappa shape index (κ3) is 3.57. The molecule has 23 heavy (non-hydrogen) atoms. The number of amides is 2. The van der Waals surface area contributed by atoms with Crippen LogP contribution in [-0.4, -0.2) is 36.6 Å². The van der Waals surface area contributed by atoms with Crippen LogP contribution in [0.5, 0.6) is 0 Å². The number of carbonyl (C=O) groups excluding carboxylic acids is 2. The van der Waals surface area contributed by atoms with Crippen molar-refractivity contribution in [2.45, 2.75) is 6.04 Å². The Morgan fingerprint density at radius 1 is 1.04 bits per heavy atom. The highest BCUT2D eigenvalue weighted by Gasteiger charge is 2.30. The van der Waals surface area contributed by atoms with Gasteiger partial charge < -0.3 is 10.1 Å². The number of rotatable bonds is 5. The molecule has 1 saturated heterocycles. The Balaban J connectivity index is 1.74. The zero-order valence-electron chi connectivity index (χ0n) is 12.7. The lowest BCUT2D eigenvalue weighted by molar-refractivity contribution is -0.677. The van der Waals surface area contributed by atoms with Gasteiger partial charge in [-0.1, -0.05) is 60.7 Å². The van der Waals surface area contributed by atoms with E-state index in [0.717, 1.165) is 11.1 Å². The molecule has 0 atom stereocenters. The lowest BCUT2D eigenvalue weighted by Crippen LogP contribution is -2.87. The van der Waals surface area contributed by atoms with Gasteiger partial charge in [0.25, 0.3) is 5.91 Å². The standard InChI is InChI=1S/C18H18N2O3/c21-16(20-11-12-23-18(20)22)13-19-17(14-7-3-1-4-8-14)15-9-5-2-6-10-15/h1-10,17,19H,11-13H2/p+1. The van der Waals surface area contributed by atoms with E-state index in [9.17, 15) is 9.59 Å². The second kappa shape index (κ2) is 7.07. The van der Waals surface area contributed by atoms with Crippen molar-refractivity contribution in [2.75, 3.05) is 19.7 Å². The summed E-state index contributed by atoms with van der Waals surface area (Å²) in [6.45, 7) is 0.821. The maximum Gasteiger partial charge on any atom is 0.416 e. The summed E-state index contributed by atoms with van der Waals surface area (Å²) in [4.78, 5) is 24.9. The summed E-state index contributed by atoms with van der Waals surface area (Å²) in [5, 5.41) is 1.96. The van der Waals surface area contributed by atoms with E-state index in [2.05, 4.69) is 0 Å². The summed E-state index contributed by atoms with van der Waals surface area (Å²) in [6.07, 6.45) is -0.542. The van der Waals surface area contributed by atoms with Crippen LogP contribution in [0.2, 0.25) is 0 Å². The molecule has 2 aromatic rings. The Morgan fingerprint density at radius 3 is 2.09 bits per heavy atom. The fourth-order valence-corrected chi connectivity index (χ4v) is 2.73. The Bertz CT molecular complexity index is 634. The van der Waals surface area contributed by atoms with E-state index >= 15 is 0 Å². The highest BCUT2D eigenvalue weighted by Crippen LogP contribution is 2.17. The number of imide groups is 1. The number of hydrogen-bond donors (Lipinski definition) is 1. The van der Waals surface area contributed by atoms with Gasteiger partial charge in [0.2, 0.25) is 0 Å². The normalized spacial score (nSPS) is 14.1. The first-order chi connectivity index (χ1) is 11.3. The minimum atomic E-state index is -0.542. The van der Waals surface area contributed by atoms with E-state index in [0.29, 0.717) is 6.54 Å². The molecule has 0 radical (unpaired) electrons. The maximum absolute atomic E-state index is 12.2. The molecule has 1 aliphatic rings. The molecule has 2 aromatic carbocycles. The van der Waals surface area contributed by atoms with Crippen LogP contribution in [0.4, 0.5) is 4.79 Å². The minimum Gasteiger partial charge on any atom is -0.447 e. The Labute approximate surface area is 134 Å². The van der Waals surface area contributed by atoms with Crippen LogP contribution < -0.4 is 5.32 Å². The Morgan fingerprint density at radius 2 is 1.61 bits per heavy atom. The van der Waals surface area contributed by atoms with E-state index in [4.69, 9.17) is 4.74 Å². The summed E-state index contributed by atoms with van der Waals surface area (Å²) in [7, 11) is 0. The van der Waals surface area contributed by atoms with Gasteiger partial charge in [-0.25, -0.2) is 9.69 Å². The fraction of sp³-hybridized carbons (Fsp3) is 0.222. The quantitative estimate of drug-likeness (QED) is 0.906. The molecule has 0 aliphatic carbocycles. The Hall–Kier alpha value is -2.66. The second-order valence-electron chi connectivity index (χ2n) is 5.40. The van der Waals surface area contributed by atoms with Gasteiger partial charge in [0.1, 0.15) is 12.6 Å². The van der Waals surface area contributed by atoms with Gasteiger partial charge in [0, 0.05) is 11.1 Å². The number of benzene rings is 2. The molecule has 1 fully saturated rings. The molecular formula is C18H19N2O3+. The van der Waals surface area contributed by atoms with Crippen molar-refractivity contribution in [3.63, 3.8) is 0 Å². The van der Waals surface area contributed by atoms with E-state index in [-0.39, 0.29) is 25.1 Å². The van der Waals surface area contributed by atoms with Crippen molar-refractivity contribution in [2.24, 2.45) is 0 Å².